The third-order valence-electron chi connectivity index (χ3n) is 3.86. The van der Waals surface area contributed by atoms with E-state index in [0.29, 0.717) is 12.1 Å². The van der Waals surface area contributed by atoms with Crippen molar-refractivity contribution in [2.45, 2.75) is 26.2 Å². The molecule has 5 nitrogen and oxygen atoms in total. The molecule has 1 heterocycles. The van der Waals surface area contributed by atoms with Crippen molar-refractivity contribution in [2.24, 2.45) is 0 Å². The van der Waals surface area contributed by atoms with Crippen molar-refractivity contribution in [2.75, 3.05) is 11.9 Å². The number of carbonyl (C=O) groups excluding carboxylic acids is 2. The number of hydrogen-bond donors (Lipinski definition) is 1. The second kappa shape index (κ2) is 8.58. The first-order valence-corrected chi connectivity index (χ1v) is 9.34. The van der Waals surface area contributed by atoms with Crippen LogP contribution in [0.5, 0.6) is 0 Å². The maximum Gasteiger partial charge on any atom is 0.306 e. The van der Waals surface area contributed by atoms with E-state index in [-0.39, 0.29) is 18.9 Å². The maximum atomic E-state index is 11.9. The Morgan fingerprint density at radius 3 is 2.81 bits per heavy atom. The first-order valence-electron chi connectivity index (χ1n) is 8.53. The molecule has 1 aromatic heterocycles. The number of ether oxygens (including phenoxy) is 1. The monoisotopic (exact) mass is 368 g/mol. The zero-order valence-electron chi connectivity index (χ0n) is 14.5. The third kappa shape index (κ3) is 4.89. The van der Waals surface area contributed by atoms with E-state index in [1.807, 2.05) is 55.5 Å². The Morgan fingerprint density at radius 1 is 1.15 bits per heavy atom. The molecule has 0 aliphatic rings. The molecule has 2 aromatic carbocycles. The average Bonchev–Trinajstić information content (AvgIpc) is 3.08. The lowest BCUT2D eigenvalue weighted by Gasteiger charge is -2.07. The van der Waals surface area contributed by atoms with E-state index in [9.17, 15) is 9.59 Å². The molecule has 1 N–H and O–H groups in total. The highest BCUT2D eigenvalue weighted by Gasteiger charge is 2.10. The molecule has 0 aliphatic carbocycles. The summed E-state index contributed by atoms with van der Waals surface area (Å²) in [5, 5.41) is 3.63. The number of fused-ring (bicyclic) bond motifs is 1. The molecule has 1 amide bonds. The van der Waals surface area contributed by atoms with Gasteiger partial charge in [0.15, 0.2) is 6.61 Å². The molecule has 3 aromatic rings. The van der Waals surface area contributed by atoms with Crippen molar-refractivity contribution < 1.29 is 14.3 Å². The normalized spacial score (nSPS) is 10.7. The Labute approximate surface area is 156 Å². The van der Waals surface area contributed by atoms with Gasteiger partial charge in [0.2, 0.25) is 0 Å². The van der Waals surface area contributed by atoms with Crippen LogP contribution in [0.2, 0.25) is 0 Å². The lowest BCUT2D eigenvalue weighted by atomic mass is 10.1. The highest BCUT2D eigenvalue weighted by Crippen LogP contribution is 2.22. The van der Waals surface area contributed by atoms with E-state index < -0.39 is 5.97 Å². The molecule has 0 unspecified atom stereocenters. The minimum atomic E-state index is -0.401. The van der Waals surface area contributed by atoms with Gasteiger partial charge < -0.3 is 10.1 Å². The SMILES string of the molecule is CCc1cccc(NC(=O)COC(=O)CCc2nc3ccccc3s2)c1. The Balaban J connectivity index is 1.43. The maximum absolute atomic E-state index is 11.9. The Bertz CT molecular complexity index is 887. The number of thiazole rings is 1. The summed E-state index contributed by atoms with van der Waals surface area (Å²) in [6.07, 6.45) is 1.61. The number of para-hydroxylation sites is 1. The first kappa shape index (κ1) is 18.1. The van der Waals surface area contributed by atoms with Crippen molar-refractivity contribution in [3.63, 3.8) is 0 Å². The lowest BCUT2D eigenvalue weighted by molar-refractivity contribution is -0.147. The number of anilines is 1. The molecule has 0 spiro atoms. The Kier molecular flexibility index (Phi) is 5.96. The van der Waals surface area contributed by atoms with Gasteiger partial charge in [-0.1, -0.05) is 31.2 Å². The summed E-state index contributed by atoms with van der Waals surface area (Å²) in [6, 6.07) is 15.5. The van der Waals surface area contributed by atoms with Crippen molar-refractivity contribution in [3.8, 4) is 0 Å². The van der Waals surface area contributed by atoms with Gasteiger partial charge in [0.05, 0.1) is 21.6 Å². The zero-order valence-corrected chi connectivity index (χ0v) is 15.3. The quantitative estimate of drug-likeness (QED) is 0.641. The van der Waals surface area contributed by atoms with E-state index in [1.165, 1.54) is 0 Å². The molecule has 134 valence electrons. The van der Waals surface area contributed by atoms with E-state index in [0.717, 1.165) is 27.2 Å². The molecular weight excluding hydrogens is 348 g/mol. The Hall–Kier alpha value is -2.73. The summed E-state index contributed by atoms with van der Waals surface area (Å²) in [5.41, 5.74) is 2.78. The van der Waals surface area contributed by atoms with Gasteiger partial charge in [0.25, 0.3) is 5.91 Å². The summed E-state index contributed by atoms with van der Waals surface area (Å²) in [5.74, 6) is -0.742. The lowest BCUT2D eigenvalue weighted by Crippen LogP contribution is -2.21. The topological polar surface area (TPSA) is 68.3 Å². The summed E-state index contributed by atoms with van der Waals surface area (Å²) >= 11 is 1.57. The van der Waals surface area contributed by atoms with Crippen LogP contribution < -0.4 is 5.32 Å². The van der Waals surface area contributed by atoms with Gasteiger partial charge >= 0.3 is 5.97 Å². The molecule has 26 heavy (non-hydrogen) atoms. The third-order valence-corrected chi connectivity index (χ3v) is 4.96. The minimum absolute atomic E-state index is 0.207. The summed E-state index contributed by atoms with van der Waals surface area (Å²) in [7, 11) is 0. The van der Waals surface area contributed by atoms with Crippen LogP contribution in [0.4, 0.5) is 5.69 Å². The van der Waals surface area contributed by atoms with Crippen LogP contribution in [0.3, 0.4) is 0 Å². The molecule has 3 rings (SSSR count). The van der Waals surface area contributed by atoms with Gasteiger partial charge in [-0.2, -0.15) is 0 Å². The number of rotatable bonds is 7. The minimum Gasteiger partial charge on any atom is -0.456 e. The van der Waals surface area contributed by atoms with Crippen LogP contribution in [0, 0.1) is 0 Å². The number of hydrogen-bond acceptors (Lipinski definition) is 5. The molecule has 0 saturated carbocycles. The van der Waals surface area contributed by atoms with E-state index in [1.54, 1.807) is 11.3 Å². The number of aryl methyl sites for hydroxylation is 2. The summed E-state index contributed by atoms with van der Waals surface area (Å²) in [4.78, 5) is 28.3. The summed E-state index contributed by atoms with van der Waals surface area (Å²) < 4.78 is 6.16. The fourth-order valence-corrected chi connectivity index (χ4v) is 3.49. The molecular formula is C20H20N2O3S. The zero-order chi connectivity index (χ0) is 18.4. The van der Waals surface area contributed by atoms with Crippen molar-refractivity contribution in [1.82, 2.24) is 4.98 Å². The second-order valence-electron chi connectivity index (χ2n) is 5.84. The number of nitrogens with zero attached hydrogens (tertiary/aromatic N) is 1. The molecule has 0 fully saturated rings. The van der Waals surface area contributed by atoms with Crippen molar-refractivity contribution >= 4 is 39.1 Å². The van der Waals surface area contributed by atoms with Crippen molar-refractivity contribution in [3.05, 3.63) is 59.1 Å². The van der Waals surface area contributed by atoms with Gasteiger partial charge in [-0.05, 0) is 36.2 Å². The van der Waals surface area contributed by atoms with Gasteiger partial charge in [-0.15, -0.1) is 11.3 Å². The number of benzene rings is 2. The molecule has 0 atom stereocenters. The van der Waals surface area contributed by atoms with Crippen molar-refractivity contribution in [1.29, 1.82) is 0 Å². The standard InChI is InChI=1S/C20H20N2O3S/c1-2-14-6-5-7-15(12-14)21-18(23)13-25-20(24)11-10-19-22-16-8-3-4-9-17(16)26-19/h3-9,12H,2,10-11,13H2,1H3,(H,21,23). The van der Waals surface area contributed by atoms with Gasteiger partial charge in [-0.3, -0.25) is 9.59 Å². The van der Waals surface area contributed by atoms with Crippen LogP contribution >= 0.6 is 11.3 Å². The van der Waals surface area contributed by atoms with Crippen LogP contribution in [0.25, 0.3) is 10.2 Å². The Morgan fingerprint density at radius 2 is 2.00 bits per heavy atom. The van der Waals surface area contributed by atoms with Gasteiger partial charge in [0.1, 0.15) is 0 Å². The highest BCUT2D eigenvalue weighted by molar-refractivity contribution is 7.18. The highest BCUT2D eigenvalue weighted by atomic mass is 32.1. The number of amides is 1. The summed E-state index contributed by atoms with van der Waals surface area (Å²) in [6.45, 7) is 1.77. The molecule has 0 aliphatic heterocycles. The molecule has 0 bridgehead atoms. The van der Waals surface area contributed by atoms with Gasteiger partial charge in [-0.25, -0.2) is 4.98 Å². The predicted molar refractivity (Wildman–Crippen MR) is 103 cm³/mol. The molecule has 0 radical (unpaired) electrons. The number of nitrogens with one attached hydrogen (secondary N) is 1. The van der Waals surface area contributed by atoms with E-state index >= 15 is 0 Å². The smallest absolute Gasteiger partial charge is 0.306 e. The molecule has 0 saturated heterocycles. The van der Waals surface area contributed by atoms with E-state index in [2.05, 4.69) is 10.3 Å². The second-order valence-corrected chi connectivity index (χ2v) is 6.95. The largest absolute Gasteiger partial charge is 0.456 e. The predicted octanol–water partition coefficient (Wildman–Crippen LogP) is 3.97. The number of carbonyl (C=O) groups is 2. The number of esters is 1. The first-order chi connectivity index (χ1) is 12.6. The van der Waals surface area contributed by atoms with Crippen LogP contribution in [-0.4, -0.2) is 23.5 Å². The molecule has 6 heteroatoms. The van der Waals surface area contributed by atoms with Crippen LogP contribution in [-0.2, 0) is 27.2 Å². The van der Waals surface area contributed by atoms with Crippen LogP contribution in [0.1, 0.15) is 23.9 Å². The number of aromatic nitrogens is 1. The average molecular weight is 368 g/mol. The van der Waals surface area contributed by atoms with Gasteiger partial charge in [0, 0.05) is 12.1 Å². The van der Waals surface area contributed by atoms with E-state index in [4.69, 9.17) is 4.74 Å². The fraction of sp³-hybridized carbons (Fsp3) is 0.250. The fourth-order valence-electron chi connectivity index (χ4n) is 2.52. The van der Waals surface area contributed by atoms with Crippen LogP contribution in [0.15, 0.2) is 48.5 Å².